The third-order valence-electron chi connectivity index (χ3n) is 23.7. The van der Waals surface area contributed by atoms with Crippen LogP contribution in [0.5, 0.6) is 0 Å². The molecule has 0 bridgehead atoms. The van der Waals surface area contributed by atoms with Gasteiger partial charge in [0.05, 0.1) is 72.5 Å². The highest BCUT2D eigenvalue weighted by Crippen LogP contribution is 2.53. The first kappa shape index (κ1) is 78.6. The quantitative estimate of drug-likeness (QED) is 0.0818. The first-order valence-electron chi connectivity index (χ1n) is 35.9. The molecule has 0 N–H and O–H groups in total. The molecule has 114 heavy (non-hydrogen) atoms. The van der Waals surface area contributed by atoms with Crippen molar-refractivity contribution in [3.05, 3.63) is 267 Å². The minimum Gasteiger partial charge on any atom is -0.310 e. The standard InChI is InChI=1S/C42H35Cl3N8O4.C41H32Cl4N8O4/c1-25-13-29(43)16-33(14-25)52-37(54)42(48(3)39(52)56)23-51(21-36(42)28-9-11-32(47-2)12-10-28)24-50-20-35(27-7-5-26(19-46)6-8-27)41(22-50)38(55)53(40(57)49(41)4)34-17-30(44)15-31(45)18-34;1-47-31-10-8-26(9-11-31)35-20-51(22-41(35)37(55)53(39(57)49(41)3)33-16-29(44)13-30(45)17-33)23-50-19-34(25-6-4-24(18-46)5-7-25)40(21-50)36(54)52(38(56)48(40)2)32-14-27(42)12-28(43)15-32/h5-18,35-36H,20-24H2,1,3-4H3;4-17,34-35H,19-23H2,2-3H3/t35-,36?,41+,42-;34-,35?,40+,41+/m00/s1. The minimum absolute atomic E-state index is 0.132. The van der Waals surface area contributed by atoms with Gasteiger partial charge < -0.3 is 19.6 Å². The Kier molecular flexibility index (Phi) is 20.7. The van der Waals surface area contributed by atoms with E-state index < -0.39 is 87.7 Å². The van der Waals surface area contributed by atoms with E-state index in [9.17, 15) is 48.9 Å². The average molecular weight is 1660 g/mol. The molecule has 0 aromatic heterocycles. The number of halogens is 7. The first-order valence-corrected chi connectivity index (χ1v) is 38.6. The number of carbonyl (C=O) groups excluding carboxylic acids is 8. The van der Waals surface area contributed by atoms with Gasteiger partial charge in [-0.1, -0.05) is 154 Å². The van der Waals surface area contributed by atoms with Gasteiger partial charge in [-0.2, -0.15) is 10.5 Å². The molecule has 8 heterocycles. The molecule has 24 nitrogen and oxygen atoms in total. The van der Waals surface area contributed by atoms with Gasteiger partial charge in [-0.15, -0.1) is 0 Å². The number of hydrogen-bond acceptors (Lipinski definition) is 14. The number of carbonyl (C=O) groups is 8. The lowest BCUT2D eigenvalue weighted by Crippen LogP contribution is -2.55. The number of nitrogens with zero attached hydrogens (tertiary/aromatic N) is 16. The highest BCUT2D eigenvalue weighted by molar-refractivity contribution is 6.38. The van der Waals surface area contributed by atoms with E-state index in [0.717, 1.165) is 42.5 Å². The summed E-state index contributed by atoms with van der Waals surface area (Å²) in [5.41, 5.74) is 1.39. The van der Waals surface area contributed by atoms with Gasteiger partial charge in [0.2, 0.25) is 0 Å². The summed E-state index contributed by atoms with van der Waals surface area (Å²) in [6, 6.07) is 49.1. The lowest BCUT2D eigenvalue weighted by molar-refractivity contribution is -0.125. The van der Waals surface area contributed by atoms with E-state index in [4.69, 9.17) is 94.4 Å². The van der Waals surface area contributed by atoms with E-state index in [2.05, 4.69) is 41.4 Å². The van der Waals surface area contributed by atoms with Crippen molar-refractivity contribution in [1.29, 1.82) is 10.5 Å². The van der Waals surface area contributed by atoms with Crippen molar-refractivity contribution in [3.8, 4) is 12.1 Å². The second-order valence-corrected chi connectivity index (χ2v) is 33.0. The number of likely N-dealkylation sites (N-methyl/N-ethyl adjacent to an activating group) is 4. The van der Waals surface area contributed by atoms with E-state index in [-0.39, 0.29) is 92.6 Å². The molecule has 16 rings (SSSR count). The summed E-state index contributed by atoms with van der Waals surface area (Å²) >= 11 is 44.4. The second kappa shape index (κ2) is 30.0. The van der Waals surface area contributed by atoms with E-state index in [0.29, 0.717) is 59.4 Å². The van der Waals surface area contributed by atoms with Gasteiger partial charge in [-0.25, -0.2) is 48.5 Å². The van der Waals surface area contributed by atoms with Gasteiger partial charge in [-0.05, 0) is 132 Å². The normalized spacial score (nSPS) is 25.1. The van der Waals surface area contributed by atoms with Crippen LogP contribution in [0, 0.1) is 42.7 Å². The lowest BCUT2D eigenvalue weighted by Gasteiger charge is -2.34. The Balaban J connectivity index is 0.000000180. The molecule has 0 radical (unpaired) electrons. The zero-order valence-corrected chi connectivity index (χ0v) is 66.9. The molecular formula is C83H67Cl7N16O8. The van der Waals surface area contributed by atoms with Crippen molar-refractivity contribution in [1.82, 2.24) is 39.2 Å². The summed E-state index contributed by atoms with van der Waals surface area (Å²) in [7, 11) is 6.47. The fraction of sp³-hybridized carbons (Fsp3) is 0.277. The number of imide groups is 4. The minimum atomic E-state index is -1.37. The average Bonchev–Trinajstić information content (AvgIpc) is 1.54. The molecule has 0 saturated carbocycles. The van der Waals surface area contributed by atoms with Crippen LogP contribution >= 0.6 is 81.2 Å². The van der Waals surface area contributed by atoms with Crippen molar-refractivity contribution in [2.75, 3.05) is 113 Å². The van der Waals surface area contributed by atoms with Crippen molar-refractivity contribution < 1.29 is 38.4 Å². The molecular weight excluding hydrogens is 1600 g/mol. The van der Waals surface area contributed by atoms with Crippen LogP contribution in [0.25, 0.3) is 9.69 Å². The maximum atomic E-state index is 14.9. The maximum Gasteiger partial charge on any atom is 0.332 e. The molecule has 8 saturated heterocycles. The van der Waals surface area contributed by atoms with Crippen molar-refractivity contribution in [3.63, 3.8) is 0 Å². The summed E-state index contributed by atoms with van der Waals surface area (Å²) < 4.78 is 0. The zero-order valence-electron chi connectivity index (χ0n) is 61.6. The Morgan fingerprint density at radius 2 is 0.570 bits per heavy atom. The van der Waals surface area contributed by atoms with Crippen LogP contribution in [0.1, 0.15) is 62.6 Å². The van der Waals surface area contributed by atoms with Crippen LogP contribution in [-0.4, -0.2) is 203 Å². The lowest BCUT2D eigenvalue weighted by atomic mass is 9.80. The number of urea groups is 4. The summed E-state index contributed by atoms with van der Waals surface area (Å²) in [6.07, 6.45) is 0. The Hall–Kier alpha value is -10.7. The fourth-order valence-corrected chi connectivity index (χ4v) is 20.2. The number of rotatable bonds is 12. The molecule has 8 aromatic rings. The number of likely N-dealkylation sites (tertiary alicyclic amines) is 4. The van der Waals surface area contributed by atoms with Crippen LogP contribution in [0.15, 0.2) is 170 Å². The highest BCUT2D eigenvalue weighted by atomic mass is 35.5. The van der Waals surface area contributed by atoms with Gasteiger partial charge >= 0.3 is 24.1 Å². The highest BCUT2D eigenvalue weighted by Gasteiger charge is 2.70. The maximum absolute atomic E-state index is 14.9. The molecule has 8 fully saturated rings. The zero-order chi connectivity index (χ0) is 81.1. The Bertz CT molecular complexity index is 4830. The van der Waals surface area contributed by atoms with Gasteiger partial charge in [0.25, 0.3) is 23.6 Å². The predicted molar refractivity (Wildman–Crippen MR) is 434 cm³/mol. The molecule has 0 aliphatic carbocycles. The molecule has 12 amide bonds. The Morgan fingerprint density at radius 1 is 0.351 bits per heavy atom. The second-order valence-electron chi connectivity index (χ2n) is 29.9. The van der Waals surface area contributed by atoms with E-state index in [1.807, 2.05) is 43.3 Å². The van der Waals surface area contributed by atoms with Gasteiger partial charge in [-0.3, -0.25) is 38.8 Å². The van der Waals surface area contributed by atoms with Crippen LogP contribution in [0.3, 0.4) is 0 Å². The molecule has 8 aromatic carbocycles. The van der Waals surface area contributed by atoms with Gasteiger partial charge in [0.1, 0.15) is 22.2 Å². The van der Waals surface area contributed by atoms with Crippen LogP contribution in [-0.2, 0) is 19.2 Å². The van der Waals surface area contributed by atoms with Crippen LogP contribution in [0.2, 0.25) is 35.2 Å². The van der Waals surface area contributed by atoms with Crippen molar-refractivity contribution in [2.45, 2.75) is 52.8 Å². The molecule has 8 aliphatic heterocycles. The Morgan fingerprint density at radius 3 is 0.789 bits per heavy atom. The third-order valence-corrected chi connectivity index (χ3v) is 25.2. The SMILES string of the molecule is [C-]#[N+]c1ccc(C2CN(CN3C[C@@H](c4ccc(C#N)cc4)[C@]4(C3)C(=O)N(c3cc(Cl)cc(Cl)c3)C(=O)N4C)C[C@@]23C(=O)N(c2cc(C)cc(Cl)c2)C(=O)N3C)cc1.[C-]#[N+]c1ccc(C2CN(CN3C[C@@H](c4ccc(C#N)cc4)[C@]4(C3)C(=O)N(c3cc(Cl)cc(Cl)c3)C(=O)N4C)C[C@]23C(=O)N(c2cc(Cl)cc(Cl)c2)C(=O)N3C)cc1. The monoisotopic (exact) mass is 1660 g/mol. The van der Waals surface area contributed by atoms with Crippen LogP contribution in [0.4, 0.5) is 53.3 Å². The molecule has 8 aliphatic rings. The summed E-state index contributed by atoms with van der Waals surface area (Å²) in [6.45, 7) is 19.3. The summed E-state index contributed by atoms with van der Waals surface area (Å²) in [4.78, 5) is 142. The van der Waals surface area contributed by atoms with Gasteiger partial charge in [0, 0.05) is 139 Å². The summed E-state index contributed by atoms with van der Waals surface area (Å²) in [5.74, 6) is -3.79. The predicted octanol–water partition coefficient (Wildman–Crippen LogP) is 15.4. The van der Waals surface area contributed by atoms with E-state index >= 15 is 0 Å². The van der Waals surface area contributed by atoms with E-state index in [1.54, 1.807) is 107 Å². The fourth-order valence-electron chi connectivity index (χ4n) is 18.3. The Labute approximate surface area is 691 Å². The number of nitriles is 2. The number of aryl methyl sites for hydroxylation is 1. The smallest absolute Gasteiger partial charge is 0.310 e. The largest absolute Gasteiger partial charge is 0.332 e. The molecule has 576 valence electrons. The number of benzene rings is 8. The van der Waals surface area contributed by atoms with Crippen molar-refractivity contribution >= 4 is 163 Å². The first-order chi connectivity index (χ1) is 54.4. The molecule has 31 heteroatoms. The number of anilines is 4. The van der Waals surface area contributed by atoms with Crippen molar-refractivity contribution in [2.24, 2.45) is 0 Å². The molecule has 8 atom stereocenters. The number of amides is 12. The summed E-state index contributed by atoms with van der Waals surface area (Å²) in [5, 5.41) is 21.1. The van der Waals surface area contributed by atoms with Gasteiger partial charge in [0.15, 0.2) is 11.4 Å². The van der Waals surface area contributed by atoms with E-state index in [1.165, 1.54) is 79.1 Å². The third kappa shape index (κ3) is 12.9. The topological polar surface area (TPSA) is 232 Å². The number of hydrogen-bond donors (Lipinski definition) is 0. The molecule has 2 unspecified atom stereocenters. The molecule has 4 spiro atoms. The van der Waals surface area contributed by atoms with Crippen LogP contribution < -0.4 is 19.6 Å².